The highest BCUT2D eigenvalue weighted by molar-refractivity contribution is 5.72. The lowest BCUT2D eigenvalue weighted by atomic mass is 10.1. The van der Waals surface area contributed by atoms with Crippen molar-refractivity contribution in [2.45, 2.75) is 33.1 Å². The minimum Gasteiger partial charge on any atom is -0.298 e. The van der Waals surface area contributed by atoms with Crippen LogP contribution in [0.3, 0.4) is 0 Å². The van der Waals surface area contributed by atoms with Gasteiger partial charge in [0, 0.05) is 0 Å². The molecule has 0 aliphatic rings. The normalized spacial score (nSPS) is 11.6. The van der Waals surface area contributed by atoms with Crippen molar-refractivity contribution in [3.8, 4) is 0 Å². The third-order valence-corrected chi connectivity index (χ3v) is 1.16. The highest BCUT2D eigenvalue weighted by Gasteiger charge is 1.89. The third kappa shape index (κ3) is 3.95. The summed E-state index contributed by atoms with van der Waals surface area (Å²) in [6.07, 6.45) is 5.89. The second kappa shape index (κ2) is 5.54. The van der Waals surface area contributed by atoms with Crippen LogP contribution in [0.4, 0.5) is 0 Å². The molecule has 0 atom stereocenters. The second-order valence-electron chi connectivity index (χ2n) is 2.06. The van der Waals surface area contributed by atoms with Gasteiger partial charge in [0.15, 0.2) is 0 Å². The Kier molecular flexibility index (Phi) is 5.18. The van der Waals surface area contributed by atoms with E-state index in [2.05, 4.69) is 6.92 Å². The zero-order valence-corrected chi connectivity index (χ0v) is 6.18. The van der Waals surface area contributed by atoms with Gasteiger partial charge in [-0.15, -0.1) is 0 Å². The van der Waals surface area contributed by atoms with Crippen molar-refractivity contribution in [1.29, 1.82) is 0 Å². The molecule has 1 heteroatoms. The van der Waals surface area contributed by atoms with Gasteiger partial charge >= 0.3 is 0 Å². The summed E-state index contributed by atoms with van der Waals surface area (Å²) >= 11 is 0. The van der Waals surface area contributed by atoms with Crippen LogP contribution < -0.4 is 0 Å². The van der Waals surface area contributed by atoms with E-state index in [4.69, 9.17) is 0 Å². The molecule has 0 unspecified atom stereocenters. The van der Waals surface area contributed by atoms with E-state index in [1.165, 1.54) is 0 Å². The van der Waals surface area contributed by atoms with Gasteiger partial charge in [0.25, 0.3) is 0 Å². The van der Waals surface area contributed by atoms with Gasteiger partial charge < -0.3 is 0 Å². The number of rotatable bonds is 4. The van der Waals surface area contributed by atoms with Gasteiger partial charge in [-0.2, -0.15) is 0 Å². The van der Waals surface area contributed by atoms with Gasteiger partial charge in [-0.05, 0) is 18.4 Å². The maximum absolute atomic E-state index is 10.2. The Morgan fingerprint density at radius 2 is 2.11 bits per heavy atom. The highest BCUT2D eigenvalue weighted by atomic mass is 16.1. The zero-order chi connectivity index (χ0) is 7.11. The molecule has 0 radical (unpaired) electrons. The first-order valence-electron chi connectivity index (χ1n) is 3.49. The number of hydrogen-bond acceptors (Lipinski definition) is 1. The molecule has 0 bridgehead atoms. The number of carbonyl (C=O) groups excluding carboxylic acids is 1. The van der Waals surface area contributed by atoms with Gasteiger partial charge in [0.1, 0.15) is 6.29 Å². The quantitative estimate of drug-likeness (QED) is 0.417. The lowest BCUT2D eigenvalue weighted by Gasteiger charge is -1.92. The molecule has 9 heavy (non-hydrogen) atoms. The fraction of sp³-hybridized carbons (Fsp3) is 0.625. The first-order valence-corrected chi connectivity index (χ1v) is 3.49. The molecule has 1 nitrogen and oxygen atoms in total. The molecular weight excluding hydrogens is 112 g/mol. The first kappa shape index (κ1) is 8.41. The second-order valence-corrected chi connectivity index (χ2v) is 2.06. The minimum absolute atomic E-state index is 0.928. The smallest absolute Gasteiger partial charge is 0.145 e. The van der Waals surface area contributed by atoms with E-state index in [0.717, 1.165) is 31.1 Å². The van der Waals surface area contributed by atoms with Crippen LogP contribution in [0.25, 0.3) is 0 Å². The van der Waals surface area contributed by atoms with Crippen molar-refractivity contribution in [2.24, 2.45) is 0 Å². The molecule has 0 aliphatic heterocycles. The van der Waals surface area contributed by atoms with Crippen molar-refractivity contribution in [1.82, 2.24) is 0 Å². The van der Waals surface area contributed by atoms with Crippen LogP contribution in [0, 0.1) is 0 Å². The van der Waals surface area contributed by atoms with Gasteiger partial charge in [-0.25, -0.2) is 0 Å². The summed E-state index contributed by atoms with van der Waals surface area (Å²) in [6.45, 7) is 4.12. The van der Waals surface area contributed by atoms with E-state index in [-0.39, 0.29) is 0 Å². The number of carbonyl (C=O) groups is 1. The van der Waals surface area contributed by atoms with Crippen molar-refractivity contribution < 1.29 is 4.79 Å². The van der Waals surface area contributed by atoms with E-state index in [0.29, 0.717) is 0 Å². The van der Waals surface area contributed by atoms with Crippen molar-refractivity contribution in [2.75, 3.05) is 0 Å². The molecule has 0 saturated carbocycles. The van der Waals surface area contributed by atoms with Crippen LogP contribution in [0.5, 0.6) is 0 Å². The molecule has 0 saturated heterocycles. The highest BCUT2D eigenvalue weighted by Crippen LogP contribution is 2.01. The lowest BCUT2D eigenvalue weighted by Crippen LogP contribution is -1.82. The van der Waals surface area contributed by atoms with Crippen LogP contribution in [-0.4, -0.2) is 6.29 Å². The summed E-state index contributed by atoms with van der Waals surface area (Å²) in [5.41, 5.74) is 0.944. The maximum atomic E-state index is 10.2. The van der Waals surface area contributed by atoms with Gasteiger partial charge in [-0.3, -0.25) is 4.79 Å². The van der Waals surface area contributed by atoms with E-state index in [9.17, 15) is 4.79 Å². The fourth-order valence-electron chi connectivity index (χ4n) is 0.760. The Morgan fingerprint density at radius 1 is 1.44 bits per heavy atom. The average Bonchev–Trinajstić information content (AvgIpc) is 1.88. The van der Waals surface area contributed by atoms with Crippen LogP contribution in [-0.2, 0) is 4.79 Å². The topological polar surface area (TPSA) is 17.1 Å². The monoisotopic (exact) mass is 126 g/mol. The number of aldehydes is 1. The van der Waals surface area contributed by atoms with Crippen LogP contribution in [0.1, 0.15) is 33.1 Å². The summed E-state index contributed by atoms with van der Waals surface area (Å²) < 4.78 is 0. The SMILES string of the molecule is CC/C=C(/C=O)CCC. The number of hydrogen-bond donors (Lipinski definition) is 0. The Bertz CT molecular complexity index is 103. The zero-order valence-electron chi connectivity index (χ0n) is 6.18. The fourth-order valence-corrected chi connectivity index (χ4v) is 0.760. The average molecular weight is 126 g/mol. The van der Waals surface area contributed by atoms with E-state index < -0.39 is 0 Å². The molecular formula is C8H14O. The summed E-state index contributed by atoms with van der Waals surface area (Å²) in [7, 11) is 0. The molecule has 0 aromatic heterocycles. The molecule has 0 spiro atoms. The van der Waals surface area contributed by atoms with E-state index >= 15 is 0 Å². The molecule has 0 heterocycles. The molecule has 0 amide bonds. The summed E-state index contributed by atoms with van der Waals surface area (Å²) in [4.78, 5) is 10.2. The van der Waals surface area contributed by atoms with Gasteiger partial charge in [-0.1, -0.05) is 26.3 Å². The Morgan fingerprint density at radius 3 is 2.44 bits per heavy atom. The van der Waals surface area contributed by atoms with E-state index in [1.807, 2.05) is 13.0 Å². The van der Waals surface area contributed by atoms with Crippen LogP contribution in [0.15, 0.2) is 11.6 Å². The Labute approximate surface area is 56.8 Å². The van der Waals surface area contributed by atoms with Crippen molar-refractivity contribution in [3.05, 3.63) is 11.6 Å². The standard InChI is InChI=1S/C8H14O/c1-3-5-8(7-9)6-4-2/h5,7H,3-4,6H2,1-2H3/b8-5+. The van der Waals surface area contributed by atoms with E-state index in [1.54, 1.807) is 0 Å². The Balaban J connectivity index is 3.66. The van der Waals surface area contributed by atoms with Crippen molar-refractivity contribution in [3.63, 3.8) is 0 Å². The lowest BCUT2D eigenvalue weighted by molar-refractivity contribution is -0.105. The van der Waals surface area contributed by atoms with Crippen molar-refractivity contribution >= 4 is 6.29 Å². The van der Waals surface area contributed by atoms with Gasteiger partial charge in [0.05, 0.1) is 0 Å². The predicted molar refractivity (Wildman–Crippen MR) is 39.3 cm³/mol. The van der Waals surface area contributed by atoms with Crippen LogP contribution in [0.2, 0.25) is 0 Å². The third-order valence-electron chi connectivity index (χ3n) is 1.16. The summed E-state index contributed by atoms with van der Waals surface area (Å²) in [5.74, 6) is 0. The Hall–Kier alpha value is -0.590. The summed E-state index contributed by atoms with van der Waals surface area (Å²) in [6, 6.07) is 0. The molecule has 0 N–H and O–H groups in total. The molecule has 0 aromatic rings. The van der Waals surface area contributed by atoms with Gasteiger partial charge in [0.2, 0.25) is 0 Å². The largest absolute Gasteiger partial charge is 0.298 e. The molecule has 0 aromatic carbocycles. The first-order chi connectivity index (χ1) is 4.35. The number of allylic oxidation sites excluding steroid dienone is 2. The maximum Gasteiger partial charge on any atom is 0.145 e. The minimum atomic E-state index is 0.928. The molecule has 0 rings (SSSR count). The van der Waals surface area contributed by atoms with Crippen LogP contribution >= 0.6 is 0 Å². The molecule has 52 valence electrons. The molecule has 0 fully saturated rings. The molecule has 0 aliphatic carbocycles. The predicted octanol–water partition coefficient (Wildman–Crippen LogP) is 2.32. The summed E-state index contributed by atoms with van der Waals surface area (Å²) in [5, 5.41) is 0.